The Kier molecular flexibility index (Phi) is 5.37. The number of likely N-dealkylation sites (tertiary alicyclic amines) is 1. The molecule has 1 atom stereocenters. The summed E-state index contributed by atoms with van der Waals surface area (Å²) in [6, 6.07) is 17.6. The number of nitrogens with zero attached hydrogens (tertiary/aromatic N) is 4. The molecule has 1 aliphatic heterocycles. The van der Waals surface area contributed by atoms with Crippen LogP contribution in [0.1, 0.15) is 36.7 Å². The van der Waals surface area contributed by atoms with Gasteiger partial charge in [0, 0.05) is 12.2 Å². The minimum Gasteiger partial charge on any atom is -0.497 e. The lowest BCUT2D eigenvalue weighted by Crippen LogP contribution is -2.40. The van der Waals surface area contributed by atoms with Crippen molar-refractivity contribution >= 4 is 5.91 Å². The molecule has 0 spiro atoms. The molecule has 0 aliphatic carbocycles. The summed E-state index contributed by atoms with van der Waals surface area (Å²) in [6.45, 7) is 0.745. The van der Waals surface area contributed by atoms with Gasteiger partial charge in [-0.2, -0.15) is 0 Å². The number of carbonyl (C=O) groups excluding carboxylic acids is 1. The van der Waals surface area contributed by atoms with Crippen LogP contribution in [0.4, 0.5) is 0 Å². The normalized spacial score (nSPS) is 16.8. The Morgan fingerprint density at radius 1 is 1.14 bits per heavy atom. The van der Waals surface area contributed by atoms with Crippen LogP contribution in [0.3, 0.4) is 0 Å². The van der Waals surface area contributed by atoms with Gasteiger partial charge in [-0.05, 0) is 49.1 Å². The van der Waals surface area contributed by atoms with Gasteiger partial charge in [-0.15, -0.1) is 10.2 Å². The summed E-state index contributed by atoms with van der Waals surface area (Å²) in [4.78, 5) is 15.1. The quantitative estimate of drug-likeness (QED) is 0.683. The zero-order chi connectivity index (χ0) is 19.3. The smallest absolute Gasteiger partial charge is 0.227 e. The number of amides is 1. The van der Waals surface area contributed by atoms with E-state index in [1.54, 1.807) is 13.4 Å². The van der Waals surface area contributed by atoms with Crippen molar-refractivity contribution < 1.29 is 9.53 Å². The highest BCUT2D eigenvalue weighted by Gasteiger charge is 2.31. The predicted octanol–water partition coefficient (Wildman–Crippen LogP) is 3.57. The van der Waals surface area contributed by atoms with Crippen molar-refractivity contribution in [3.05, 3.63) is 72.3 Å². The van der Waals surface area contributed by atoms with Gasteiger partial charge in [0.1, 0.15) is 12.1 Å². The average molecular weight is 376 g/mol. The Morgan fingerprint density at radius 2 is 2.00 bits per heavy atom. The first-order chi connectivity index (χ1) is 13.8. The highest BCUT2D eigenvalue weighted by molar-refractivity contribution is 5.79. The molecule has 0 bridgehead atoms. The number of para-hydroxylation sites is 1. The number of piperidine rings is 1. The zero-order valence-electron chi connectivity index (χ0n) is 16.0. The third-order valence-electron chi connectivity index (χ3n) is 5.22. The van der Waals surface area contributed by atoms with Crippen LogP contribution in [-0.4, -0.2) is 39.2 Å². The van der Waals surface area contributed by atoms with Crippen LogP contribution >= 0.6 is 0 Å². The van der Waals surface area contributed by atoms with Crippen LogP contribution < -0.4 is 4.74 Å². The van der Waals surface area contributed by atoms with E-state index in [1.807, 2.05) is 64.1 Å². The van der Waals surface area contributed by atoms with Crippen molar-refractivity contribution in [1.82, 2.24) is 19.7 Å². The Hall–Kier alpha value is -3.15. The van der Waals surface area contributed by atoms with E-state index in [2.05, 4.69) is 10.2 Å². The first-order valence-corrected chi connectivity index (χ1v) is 9.64. The molecule has 1 unspecified atom stereocenters. The van der Waals surface area contributed by atoms with Gasteiger partial charge in [0.2, 0.25) is 5.91 Å². The van der Waals surface area contributed by atoms with E-state index in [1.165, 1.54) is 0 Å². The zero-order valence-corrected chi connectivity index (χ0v) is 16.0. The van der Waals surface area contributed by atoms with Gasteiger partial charge in [-0.3, -0.25) is 9.36 Å². The van der Waals surface area contributed by atoms with Gasteiger partial charge in [0.05, 0.1) is 19.6 Å². The summed E-state index contributed by atoms with van der Waals surface area (Å²) in [6.07, 6.45) is 5.07. The Balaban J connectivity index is 1.59. The van der Waals surface area contributed by atoms with E-state index in [4.69, 9.17) is 4.74 Å². The minimum absolute atomic E-state index is 0.0606. The van der Waals surface area contributed by atoms with E-state index in [0.29, 0.717) is 6.42 Å². The topological polar surface area (TPSA) is 60.2 Å². The number of hydrogen-bond donors (Lipinski definition) is 0. The summed E-state index contributed by atoms with van der Waals surface area (Å²) in [5.41, 5.74) is 1.96. The van der Waals surface area contributed by atoms with Crippen molar-refractivity contribution in [3.63, 3.8) is 0 Å². The van der Waals surface area contributed by atoms with Gasteiger partial charge >= 0.3 is 0 Å². The molecule has 1 amide bonds. The molecule has 0 saturated carbocycles. The van der Waals surface area contributed by atoms with Crippen LogP contribution in [0.25, 0.3) is 5.69 Å². The highest BCUT2D eigenvalue weighted by atomic mass is 16.5. The van der Waals surface area contributed by atoms with Crippen LogP contribution in [0.15, 0.2) is 60.9 Å². The fourth-order valence-corrected chi connectivity index (χ4v) is 3.82. The molecule has 1 saturated heterocycles. The maximum atomic E-state index is 13.1. The van der Waals surface area contributed by atoms with Gasteiger partial charge in [0.15, 0.2) is 5.82 Å². The van der Waals surface area contributed by atoms with Crippen LogP contribution in [0.2, 0.25) is 0 Å². The number of methoxy groups -OCH3 is 1. The van der Waals surface area contributed by atoms with E-state index in [0.717, 1.165) is 48.6 Å². The third-order valence-corrected chi connectivity index (χ3v) is 5.22. The second kappa shape index (κ2) is 8.25. The maximum absolute atomic E-state index is 13.1. The Bertz CT molecular complexity index is 938. The lowest BCUT2D eigenvalue weighted by molar-refractivity contribution is -0.134. The predicted molar refractivity (Wildman–Crippen MR) is 106 cm³/mol. The molecule has 4 rings (SSSR count). The van der Waals surface area contributed by atoms with E-state index >= 15 is 0 Å². The van der Waals surface area contributed by atoms with E-state index < -0.39 is 0 Å². The molecule has 0 N–H and O–H groups in total. The van der Waals surface area contributed by atoms with Crippen molar-refractivity contribution in [3.8, 4) is 11.4 Å². The number of carbonyl (C=O) groups is 1. The van der Waals surface area contributed by atoms with E-state index in [-0.39, 0.29) is 11.9 Å². The second-order valence-corrected chi connectivity index (χ2v) is 7.02. The van der Waals surface area contributed by atoms with Crippen molar-refractivity contribution in [2.45, 2.75) is 31.7 Å². The monoisotopic (exact) mass is 376 g/mol. The fourth-order valence-electron chi connectivity index (χ4n) is 3.82. The molecule has 1 aliphatic rings. The fraction of sp³-hybridized carbons (Fsp3) is 0.318. The lowest BCUT2D eigenvalue weighted by Gasteiger charge is -2.35. The average Bonchev–Trinajstić information content (AvgIpc) is 3.24. The van der Waals surface area contributed by atoms with Crippen molar-refractivity contribution in [1.29, 1.82) is 0 Å². The molecule has 3 aromatic rings. The summed E-state index contributed by atoms with van der Waals surface area (Å²) in [5.74, 6) is 1.70. The van der Waals surface area contributed by atoms with Crippen molar-refractivity contribution in [2.75, 3.05) is 13.7 Å². The van der Waals surface area contributed by atoms with Crippen molar-refractivity contribution in [2.24, 2.45) is 0 Å². The SMILES string of the molecule is COc1cccc(CC(=O)N2CCCCC2c2nncn2-c2ccccc2)c1. The number of ether oxygens (including phenoxy) is 1. The molecular weight excluding hydrogens is 352 g/mol. The molecule has 28 heavy (non-hydrogen) atoms. The number of aromatic nitrogens is 3. The number of hydrogen-bond acceptors (Lipinski definition) is 4. The molecule has 1 fully saturated rings. The lowest BCUT2D eigenvalue weighted by atomic mass is 9.99. The van der Waals surface area contributed by atoms with E-state index in [9.17, 15) is 4.79 Å². The standard InChI is InChI=1S/C22H24N4O2/c1-28-19-11-7-8-17(14-19)15-21(27)25-13-6-5-12-20(25)22-24-23-16-26(22)18-9-3-2-4-10-18/h2-4,7-11,14,16,20H,5-6,12-13,15H2,1H3. The molecule has 0 radical (unpaired) electrons. The Labute approximate surface area is 164 Å². The first-order valence-electron chi connectivity index (χ1n) is 9.64. The Morgan fingerprint density at radius 3 is 2.82 bits per heavy atom. The molecule has 2 aromatic carbocycles. The van der Waals surface area contributed by atoms with Gasteiger partial charge in [-0.1, -0.05) is 30.3 Å². The number of rotatable bonds is 5. The summed E-state index contributed by atoms with van der Waals surface area (Å²) >= 11 is 0. The number of benzene rings is 2. The highest BCUT2D eigenvalue weighted by Crippen LogP contribution is 2.31. The molecule has 144 valence electrons. The second-order valence-electron chi connectivity index (χ2n) is 7.02. The van der Waals surface area contributed by atoms with Crippen LogP contribution in [-0.2, 0) is 11.2 Å². The minimum atomic E-state index is -0.0606. The molecular formula is C22H24N4O2. The molecule has 1 aromatic heterocycles. The van der Waals surface area contributed by atoms with Crippen LogP contribution in [0, 0.1) is 0 Å². The van der Waals surface area contributed by atoms with Gasteiger partial charge in [-0.25, -0.2) is 0 Å². The molecule has 6 nitrogen and oxygen atoms in total. The molecule has 2 heterocycles. The third kappa shape index (κ3) is 3.76. The van der Waals surface area contributed by atoms with Gasteiger partial charge < -0.3 is 9.64 Å². The maximum Gasteiger partial charge on any atom is 0.227 e. The largest absolute Gasteiger partial charge is 0.497 e. The molecule has 6 heteroatoms. The van der Waals surface area contributed by atoms with Crippen LogP contribution in [0.5, 0.6) is 5.75 Å². The summed E-state index contributed by atoms with van der Waals surface area (Å²) in [7, 11) is 1.64. The summed E-state index contributed by atoms with van der Waals surface area (Å²) in [5, 5.41) is 8.51. The first kappa shape index (κ1) is 18.2. The van der Waals surface area contributed by atoms with Gasteiger partial charge in [0.25, 0.3) is 0 Å². The summed E-state index contributed by atoms with van der Waals surface area (Å²) < 4.78 is 7.27.